The third-order valence-corrected chi connectivity index (χ3v) is 2.92. The van der Waals surface area contributed by atoms with Crippen molar-refractivity contribution in [2.45, 2.75) is 0 Å². The first-order valence-corrected chi connectivity index (χ1v) is 5.64. The fourth-order valence-corrected chi connectivity index (χ4v) is 1.76. The molecular formula is C11H8Cl2N4O. The molecule has 0 radical (unpaired) electrons. The molecule has 0 aliphatic heterocycles. The quantitative estimate of drug-likeness (QED) is 0.830. The van der Waals surface area contributed by atoms with Gasteiger partial charge in [-0.3, -0.25) is 4.79 Å². The number of hydrogen-bond acceptors (Lipinski definition) is 4. The van der Waals surface area contributed by atoms with Gasteiger partial charge in [0.05, 0.1) is 33.7 Å². The van der Waals surface area contributed by atoms with E-state index < -0.39 is 5.91 Å². The highest BCUT2D eigenvalue weighted by Crippen LogP contribution is 2.29. The molecule has 0 bridgehead atoms. The summed E-state index contributed by atoms with van der Waals surface area (Å²) in [7, 11) is 0. The summed E-state index contributed by atoms with van der Waals surface area (Å²) in [5, 5.41) is 2.97. The van der Waals surface area contributed by atoms with E-state index in [1.54, 1.807) is 0 Å². The van der Waals surface area contributed by atoms with Crippen molar-refractivity contribution in [1.82, 2.24) is 9.97 Å². The van der Waals surface area contributed by atoms with Gasteiger partial charge in [-0.05, 0) is 12.1 Å². The zero-order chi connectivity index (χ0) is 13.1. The Labute approximate surface area is 113 Å². The summed E-state index contributed by atoms with van der Waals surface area (Å²) in [6.45, 7) is 0. The lowest BCUT2D eigenvalue weighted by Gasteiger charge is -2.08. The molecule has 1 heterocycles. The monoisotopic (exact) mass is 282 g/mol. The Balaban J connectivity index is 2.30. The van der Waals surface area contributed by atoms with Crippen LogP contribution in [-0.2, 0) is 0 Å². The summed E-state index contributed by atoms with van der Waals surface area (Å²) in [6, 6.07) is 2.93. The highest BCUT2D eigenvalue weighted by atomic mass is 35.5. The number of amides is 1. The second kappa shape index (κ2) is 5.20. The van der Waals surface area contributed by atoms with Crippen LogP contribution in [0, 0.1) is 0 Å². The van der Waals surface area contributed by atoms with Crippen molar-refractivity contribution in [2.24, 2.45) is 0 Å². The Bertz CT molecular complexity index is 589. The van der Waals surface area contributed by atoms with E-state index in [4.69, 9.17) is 28.9 Å². The number of carbonyl (C=O) groups is 1. The van der Waals surface area contributed by atoms with Crippen LogP contribution in [0.2, 0.25) is 10.0 Å². The number of rotatable bonds is 2. The molecule has 1 aromatic carbocycles. The van der Waals surface area contributed by atoms with Gasteiger partial charge in [0.1, 0.15) is 6.33 Å². The Morgan fingerprint density at radius 2 is 1.89 bits per heavy atom. The average molecular weight is 283 g/mol. The van der Waals surface area contributed by atoms with E-state index in [9.17, 15) is 4.79 Å². The van der Waals surface area contributed by atoms with E-state index in [-0.39, 0.29) is 15.6 Å². The Morgan fingerprint density at radius 1 is 1.22 bits per heavy atom. The van der Waals surface area contributed by atoms with Gasteiger partial charge in [-0.15, -0.1) is 0 Å². The normalized spacial score (nSPS) is 10.1. The van der Waals surface area contributed by atoms with Crippen LogP contribution in [0.1, 0.15) is 10.4 Å². The van der Waals surface area contributed by atoms with Crippen LogP contribution in [-0.4, -0.2) is 15.9 Å². The zero-order valence-corrected chi connectivity index (χ0v) is 10.5. The van der Waals surface area contributed by atoms with Gasteiger partial charge in [0.15, 0.2) is 0 Å². The lowest BCUT2D eigenvalue weighted by molar-refractivity contribution is 0.102. The predicted molar refractivity (Wildman–Crippen MR) is 70.9 cm³/mol. The molecule has 2 rings (SSSR count). The Hall–Kier alpha value is -1.85. The molecule has 0 aliphatic rings. The second-order valence-corrected chi connectivity index (χ2v) is 4.23. The average Bonchev–Trinajstić information content (AvgIpc) is 2.35. The van der Waals surface area contributed by atoms with Crippen molar-refractivity contribution >= 4 is 40.5 Å². The fourth-order valence-electron chi connectivity index (χ4n) is 1.34. The molecule has 0 saturated heterocycles. The maximum absolute atomic E-state index is 12.0. The van der Waals surface area contributed by atoms with Crippen LogP contribution in [0.5, 0.6) is 0 Å². The fraction of sp³-hybridized carbons (Fsp3) is 0. The predicted octanol–water partition coefficient (Wildman–Crippen LogP) is 2.62. The topological polar surface area (TPSA) is 80.9 Å². The molecule has 92 valence electrons. The largest absolute Gasteiger partial charge is 0.399 e. The number of nitrogen functional groups attached to an aromatic ring is 1. The molecule has 5 nitrogen and oxygen atoms in total. The number of aromatic nitrogens is 2. The molecule has 7 heteroatoms. The van der Waals surface area contributed by atoms with Gasteiger partial charge in [0.25, 0.3) is 5.91 Å². The summed E-state index contributed by atoms with van der Waals surface area (Å²) >= 11 is 11.8. The van der Waals surface area contributed by atoms with E-state index >= 15 is 0 Å². The minimum absolute atomic E-state index is 0.153. The van der Waals surface area contributed by atoms with Crippen LogP contribution in [0.4, 0.5) is 11.4 Å². The van der Waals surface area contributed by atoms with Crippen molar-refractivity contribution in [3.05, 3.63) is 46.5 Å². The first-order valence-electron chi connectivity index (χ1n) is 4.89. The van der Waals surface area contributed by atoms with E-state index in [0.29, 0.717) is 11.4 Å². The van der Waals surface area contributed by atoms with Gasteiger partial charge < -0.3 is 11.1 Å². The van der Waals surface area contributed by atoms with Gasteiger partial charge in [-0.2, -0.15) is 0 Å². The number of anilines is 2. The molecule has 0 atom stereocenters. The van der Waals surface area contributed by atoms with E-state index in [2.05, 4.69) is 15.3 Å². The maximum atomic E-state index is 12.0. The van der Waals surface area contributed by atoms with E-state index in [1.807, 2.05) is 0 Å². The number of carbonyl (C=O) groups excluding carboxylic acids is 1. The summed E-state index contributed by atoms with van der Waals surface area (Å²) in [5.74, 6) is -0.427. The van der Waals surface area contributed by atoms with Gasteiger partial charge in [-0.25, -0.2) is 9.97 Å². The Morgan fingerprint density at radius 3 is 2.56 bits per heavy atom. The molecule has 0 spiro atoms. The summed E-state index contributed by atoms with van der Waals surface area (Å²) in [4.78, 5) is 19.5. The van der Waals surface area contributed by atoms with Crippen molar-refractivity contribution in [2.75, 3.05) is 11.1 Å². The van der Waals surface area contributed by atoms with Gasteiger partial charge in [0.2, 0.25) is 0 Å². The van der Waals surface area contributed by atoms with E-state index in [1.165, 1.54) is 30.9 Å². The third kappa shape index (κ3) is 2.69. The molecule has 0 unspecified atom stereocenters. The highest BCUT2D eigenvalue weighted by molar-refractivity contribution is 6.44. The lowest BCUT2D eigenvalue weighted by atomic mass is 10.2. The summed E-state index contributed by atoms with van der Waals surface area (Å²) in [5.41, 5.74) is 6.63. The van der Waals surface area contributed by atoms with Crippen LogP contribution in [0.15, 0.2) is 30.9 Å². The molecule has 3 N–H and O–H groups in total. The van der Waals surface area contributed by atoms with Crippen molar-refractivity contribution in [3.8, 4) is 0 Å². The smallest absolute Gasteiger partial charge is 0.257 e. The maximum Gasteiger partial charge on any atom is 0.257 e. The van der Waals surface area contributed by atoms with Crippen LogP contribution >= 0.6 is 23.2 Å². The molecule has 1 amide bonds. The zero-order valence-electron chi connectivity index (χ0n) is 9.02. The van der Waals surface area contributed by atoms with Crippen LogP contribution in [0.3, 0.4) is 0 Å². The highest BCUT2D eigenvalue weighted by Gasteiger charge is 2.14. The molecule has 1 aromatic heterocycles. The molecule has 18 heavy (non-hydrogen) atoms. The Kier molecular flexibility index (Phi) is 3.64. The number of benzene rings is 1. The van der Waals surface area contributed by atoms with Crippen molar-refractivity contribution in [3.63, 3.8) is 0 Å². The standard InChI is InChI=1S/C11H8Cl2N4O/c12-9-2-6(14)1-8(10(9)13)11(18)17-7-3-15-5-16-4-7/h1-5H,14H2,(H,17,18). The number of nitrogens with two attached hydrogens (primary N) is 1. The molecular weight excluding hydrogens is 275 g/mol. The SMILES string of the molecule is Nc1cc(Cl)c(Cl)c(C(=O)Nc2cncnc2)c1. The number of nitrogens with one attached hydrogen (secondary N) is 1. The van der Waals surface area contributed by atoms with E-state index in [0.717, 1.165) is 0 Å². The first kappa shape index (κ1) is 12.6. The summed E-state index contributed by atoms with van der Waals surface area (Å²) in [6.07, 6.45) is 4.29. The van der Waals surface area contributed by atoms with Gasteiger partial charge >= 0.3 is 0 Å². The lowest BCUT2D eigenvalue weighted by Crippen LogP contribution is -2.13. The van der Waals surface area contributed by atoms with Crippen LogP contribution in [0.25, 0.3) is 0 Å². The number of nitrogens with zero attached hydrogens (tertiary/aromatic N) is 2. The number of hydrogen-bond donors (Lipinski definition) is 2. The van der Waals surface area contributed by atoms with Crippen LogP contribution < -0.4 is 11.1 Å². The molecule has 0 saturated carbocycles. The number of halogens is 2. The molecule has 0 fully saturated rings. The molecule has 2 aromatic rings. The molecule has 0 aliphatic carbocycles. The minimum atomic E-state index is -0.427. The summed E-state index contributed by atoms with van der Waals surface area (Å²) < 4.78 is 0. The second-order valence-electron chi connectivity index (χ2n) is 3.45. The minimum Gasteiger partial charge on any atom is -0.399 e. The third-order valence-electron chi connectivity index (χ3n) is 2.11. The van der Waals surface area contributed by atoms with Crippen molar-refractivity contribution in [1.29, 1.82) is 0 Å². The first-order chi connectivity index (χ1) is 8.58. The van der Waals surface area contributed by atoms with Gasteiger partial charge in [0, 0.05) is 5.69 Å². The van der Waals surface area contributed by atoms with Crippen molar-refractivity contribution < 1.29 is 4.79 Å². The van der Waals surface area contributed by atoms with Gasteiger partial charge in [-0.1, -0.05) is 23.2 Å².